The lowest BCUT2D eigenvalue weighted by Gasteiger charge is -2.04. The number of aromatic nitrogens is 2. The smallest absolute Gasteiger partial charge is 0.260 e. The minimum absolute atomic E-state index is 0.205. The number of anilines is 2. The molecule has 1 aromatic carbocycles. The fourth-order valence-electron chi connectivity index (χ4n) is 1.41. The van der Waals surface area contributed by atoms with Gasteiger partial charge in [-0.15, -0.1) is 6.58 Å². The third-order valence-corrected chi connectivity index (χ3v) is 2.14. The topological polar surface area (TPSA) is 83.8 Å². The highest BCUT2D eigenvalue weighted by Gasteiger charge is 2.02. The Morgan fingerprint density at radius 3 is 3.12 bits per heavy atom. The van der Waals surface area contributed by atoms with Gasteiger partial charge in [0.25, 0.3) is 5.56 Å². The van der Waals surface area contributed by atoms with Crippen molar-refractivity contribution in [3.63, 3.8) is 0 Å². The number of nitrogen functional groups attached to an aromatic ring is 1. The van der Waals surface area contributed by atoms with Crippen molar-refractivity contribution in [2.75, 3.05) is 17.6 Å². The maximum Gasteiger partial charge on any atom is 0.260 e. The van der Waals surface area contributed by atoms with E-state index in [0.717, 1.165) is 0 Å². The van der Waals surface area contributed by atoms with Crippen molar-refractivity contribution in [2.45, 2.75) is 0 Å². The summed E-state index contributed by atoms with van der Waals surface area (Å²) < 4.78 is 0. The number of nitrogens with two attached hydrogens (primary N) is 1. The van der Waals surface area contributed by atoms with Gasteiger partial charge >= 0.3 is 0 Å². The Hall–Kier alpha value is -2.30. The second-order valence-electron chi connectivity index (χ2n) is 3.36. The number of benzene rings is 1. The van der Waals surface area contributed by atoms with Crippen LogP contribution in [0.1, 0.15) is 0 Å². The van der Waals surface area contributed by atoms with Crippen LogP contribution < -0.4 is 16.6 Å². The van der Waals surface area contributed by atoms with Crippen LogP contribution >= 0.6 is 0 Å². The second kappa shape index (κ2) is 4.06. The van der Waals surface area contributed by atoms with Crippen LogP contribution in [0.5, 0.6) is 0 Å². The van der Waals surface area contributed by atoms with E-state index < -0.39 is 0 Å². The van der Waals surface area contributed by atoms with Crippen molar-refractivity contribution in [1.82, 2.24) is 9.97 Å². The summed E-state index contributed by atoms with van der Waals surface area (Å²) in [5.41, 5.74) is 6.56. The van der Waals surface area contributed by atoms with Crippen LogP contribution in [-0.4, -0.2) is 16.5 Å². The Morgan fingerprint density at radius 1 is 1.56 bits per heavy atom. The molecule has 5 heteroatoms. The molecule has 2 aromatic rings. The van der Waals surface area contributed by atoms with Gasteiger partial charge in [-0.05, 0) is 18.2 Å². The second-order valence-corrected chi connectivity index (χ2v) is 3.36. The maximum absolute atomic E-state index is 11.7. The molecule has 0 aliphatic carbocycles. The lowest BCUT2D eigenvalue weighted by atomic mass is 10.2. The summed E-state index contributed by atoms with van der Waals surface area (Å²) in [6.45, 7) is 4.12. The zero-order chi connectivity index (χ0) is 11.5. The highest BCUT2D eigenvalue weighted by Crippen LogP contribution is 2.12. The summed E-state index contributed by atoms with van der Waals surface area (Å²) in [5, 5.41) is 3.42. The molecule has 82 valence electrons. The van der Waals surface area contributed by atoms with Gasteiger partial charge in [-0.25, -0.2) is 4.98 Å². The van der Waals surface area contributed by atoms with Gasteiger partial charge in [0.15, 0.2) is 0 Å². The number of aromatic amines is 1. The van der Waals surface area contributed by atoms with Crippen molar-refractivity contribution in [3.05, 3.63) is 41.2 Å². The van der Waals surface area contributed by atoms with Crippen molar-refractivity contribution in [1.29, 1.82) is 0 Å². The minimum Gasteiger partial charge on any atom is -0.399 e. The largest absolute Gasteiger partial charge is 0.399 e. The number of nitrogens with zero attached hydrogens (tertiary/aromatic N) is 1. The summed E-state index contributed by atoms with van der Waals surface area (Å²) in [4.78, 5) is 18.6. The third kappa shape index (κ3) is 1.88. The molecule has 0 amide bonds. The monoisotopic (exact) mass is 216 g/mol. The fourth-order valence-corrected chi connectivity index (χ4v) is 1.41. The van der Waals surface area contributed by atoms with Gasteiger partial charge in [-0.1, -0.05) is 6.08 Å². The van der Waals surface area contributed by atoms with Crippen LogP contribution in [0, 0.1) is 0 Å². The van der Waals surface area contributed by atoms with Crippen molar-refractivity contribution in [3.8, 4) is 0 Å². The van der Waals surface area contributed by atoms with Crippen LogP contribution in [0.25, 0.3) is 10.9 Å². The van der Waals surface area contributed by atoms with E-state index in [0.29, 0.717) is 29.1 Å². The van der Waals surface area contributed by atoms with Crippen molar-refractivity contribution in [2.24, 2.45) is 0 Å². The molecule has 4 N–H and O–H groups in total. The van der Waals surface area contributed by atoms with E-state index in [1.807, 2.05) is 0 Å². The molecule has 1 heterocycles. The molecule has 16 heavy (non-hydrogen) atoms. The lowest BCUT2D eigenvalue weighted by Crippen LogP contribution is -2.13. The molecule has 5 nitrogen and oxygen atoms in total. The van der Waals surface area contributed by atoms with E-state index >= 15 is 0 Å². The summed E-state index contributed by atoms with van der Waals surface area (Å²) >= 11 is 0. The van der Waals surface area contributed by atoms with Crippen LogP contribution in [0.15, 0.2) is 35.6 Å². The first-order chi connectivity index (χ1) is 7.70. The average molecular weight is 216 g/mol. The zero-order valence-corrected chi connectivity index (χ0v) is 8.66. The molecule has 0 saturated heterocycles. The Bertz CT molecular complexity index is 588. The number of H-pyrrole nitrogens is 1. The third-order valence-electron chi connectivity index (χ3n) is 2.14. The predicted octanol–water partition coefficient (Wildman–Crippen LogP) is 1.10. The Kier molecular flexibility index (Phi) is 2.59. The molecule has 1 aromatic heterocycles. The van der Waals surface area contributed by atoms with Crippen molar-refractivity contribution < 1.29 is 0 Å². The summed E-state index contributed by atoms with van der Waals surface area (Å²) in [6, 6.07) is 5.05. The minimum atomic E-state index is -0.205. The van der Waals surface area contributed by atoms with Gasteiger partial charge in [0.1, 0.15) is 0 Å². The van der Waals surface area contributed by atoms with Crippen LogP contribution in [0.3, 0.4) is 0 Å². The first-order valence-electron chi connectivity index (χ1n) is 4.85. The first kappa shape index (κ1) is 10.2. The summed E-state index contributed by atoms with van der Waals surface area (Å²) in [6.07, 6.45) is 1.69. The number of fused-ring (bicyclic) bond motifs is 1. The Balaban J connectivity index is 2.55. The Morgan fingerprint density at radius 2 is 2.38 bits per heavy atom. The number of hydrogen-bond acceptors (Lipinski definition) is 4. The van der Waals surface area contributed by atoms with Crippen LogP contribution in [0.4, 0.5) is 11.6 Å². The van der Waals surface area contributed by atoms with Gasteiger partial charge in [0.2, 0.25) is 5.95 Å². The first-order valence-corrected chi connectivity index (χ1v) is 4.85. The van der Waals surface area contributed by atoms with E-state index in [9.17, 15) is 4.79 Å². The summed E-state index contributed by atoms with van der Waals surface area (Å²) in [5.74, 6) is 0.433. The van der Waals surface area contributed by atoms with Crippen LogP contribution in [-0.2, 0) is 0 Å². The van der Waals surface area contributed by atoms with E-state index in [-0.39, 0.29) is 5.56 Å². The normalized spacial score (nSPS) is 10.2. The molecule has 0 fully saturated rings. The molecule has 0 bridgehead atoms. The van der Waals surface area contributed by atoms with Crippen LogP contribution in [0.2, 0.25) is 0 Å². The molecule has 0 unspecified atom stereocenters. The molecule has 0 aliphatic rings. The van der Waals surface area contributed by atoms with Gasteiger partial charge in [-0.2, -0.15) is 0 Å². The summed E-state index contributed by atoms with van der Waals surface area (Å²) in [7, 11) is 0. The van der Waals surface area contributed by atoms with E-state index in [1.54, 1.807) is 24.3 Å². The van der Waals surface area contributed by atoms with Gasteiger partial charge < -0.3 is 11.1 Å². The Labute approximate surface area is 92.0 Å². The molecule has 0 radical (unpaired) electrons. The van der Waals surface area contributed by atoms with Crippen molar-refractivity contribution >= 4 is 22.5 Å². The van der Waals surface area contributed by atoms with E-state index in [4.69, 9.17) is 5.73 Å². The molecule has 0 atom stereocenters. The lowest BCUT2D eigenvalue weighted by molar-refractivity contribution is 1.12. The molecular formula is C11H12N4O. The molecule has 0 aliphatic heterocycles. The number of nitrogens with one attached hydrogen (secondary N) is 2. The molecular weight excluding hydrogens is 204 g/mol. The SMILES string of the molecule is C=CCNc1nc2ccc(N)cc2c(=O)[nH]1. The maximum atomic E-state index is 11.7. The van der Waals surface area contributed by atoms with Gasteiger partial charge in [-0.3, -0.25) is 9.78 Å². The predicted molar refractivity (Wildman–Crippen MR) is 65.5 cm³/mol. The van der Waals surface area contributed by atoms with E-state index in [2.05, 4.69) is 21.9 Å². The zero-order valence-electron chi connectivity index (χ0n) is 8.66. The number of rotatable bonds is 3. The van der Waals surface area contributed by atoms with Gasteiger partial charge in [0, 0.05) is 12.2 Å². The number of hydrogen-bond donors (Lipinski definition) is 3. The molecule has 0 spiro atoms. The standard InChI is InChI=1S/C11H12N4O/c1-2-5-13-11-14-9-4-3-7(12)6-8(9)10(16)15-11/h2-4,6H,1,5,12H2,(H2,13,14,15,16). The quantitative estimate of drug-likeness (QED) is 0.530. The molecule has 2 rings (SSSR count). The van der Waals surface area contributed by atoms with E-state index in [1.165, 1.54) is 0 Å². The average Bonchev–Trinajstić information content (AvgIpc) is 2.27. The molecule has 0 saturated carbocycles. The highest BCUT2D eigenvalue weighted by molar-refractivity contribution is 5.81. The van der Waals surface area contributed by atoms with Gasteiger partial charge in [0.05, 0.1) is 10.9 Å². The highest BCUT2D eigenvalue weighted by atomic mass is 16.1. The fraction of sp³-hybridized carbons (Fsp3) is 0.0909.